The van der Waals surface area contributed by atoms with Crippen LogP contribution >= 0.6 is 7.82 Å². The van der Waals surface area contributed by atoms with Crippen molar-refractivity contribution in [2.75, 3.05) is 26.4 Å². The van der Waals surface area contributed by atoms with Crippen LogP contribution in [0.1, 0.15) is 245 Å². The number of nitrogens with two attached hydrogens (primary N) is 1. The first-order chi connectivity index (χ1) is 27.8. The zero-order valence-electron chi connectivity index (χ0n) is 37.3. The van der Waals surface area contributed by atoms with Crippen LogP contribution in [0.5, 0.6) is 0 Å². The number of allylic oxidation sites excluding steroid dienone is 2. The molecule has 0 heterocycles. The molecule has 0 aliphatic rings. The molecule has 0 radical (unpaired) electrons. The standard InChI is InChI=1S/C47H92NO8P/c1-3-5-7-9-11-13-15-17-19-21-22-24-26-28-30-32-34-36-38-40-47(50)56-45(44-55-57(51,52)54-42-41-48)43-53-46(49)39-37-35-33-31-29-27-25-23-20-18-16-14-12-10-8-6-4-2/h17,19,45H,3-16,18,20-44,48H2,1-2H3,(H,51,52)/b19-17-. The summed E-state index contributed by atoms with van der Waals surface area (Å²) in [5, 5.41) is 0. The molecule has 0 spiro atoms. The van der Waals surface area contributed by atoms with E-state index in [1.807, 2.05) is 0 Å². The molecule has 2 atom stereocenters. The Labute approximate surface area is 351 Å². The highest BCUT2D eigenvalue weighted by atomic mass is 31.2. The van der Waals surface area contributed by atoms with Crippen molar-refractivity contribution in [1.29, 1.82) is 0 Å². The predicted molar refractivity (Wildman–Crippen MR) is 238 cm³/mol. The Hall–Kier alpha value is -1.25. The van der Waals surface area contributed by atoms with Crippen molar-refractivity contribution >= 4 is 19.8 Å². The Morgan fingerprint density at radius 2 is 0.860 bits per heavy atom. The minimum absolute atomic E-state index is 0.0561. The van der Waals surface area contributed by atoms with Crippen molar-refractivity contribution in [1.82, 2.24) is 0 Å². The number of carbonyl (C=O) groups is 2. The van der Waals surface area contributed by atoms with Gasteiger partial charge in [-0.1, -0.05) is 206 Å². The lowest BCUT2D eigenvalue weighted by Crippen LogP contribution is -2.29. The van der Waals surface area contributed by atoms with Crippen molar-refractivity contribution in [3.8, 4) is 0 Å². The van der Waals surface area contributed by atoms with Crippen molar-refractivity contribution < 1.29 is 37.6 Å². The van der Waals surface area contributed by atoms with Gasteiger partial charge in [-0.15, -0.1) is 0 Å². The summed E-state index contributed by atoms with van der Waals surface area (Å²) in [4.78, 5) is 35.0. The van der Waals surface area contributed by atoms with E-state index in [0.29, 0.717) is 6.42 Å². The molecule has 338 valence electrons. The van der Waals surface area contributed by atoms with Crippen LogP contribution in [-0.2, 0) is 32.7 Å². The molecule has 9 nitrogen and oxygen atoms in total. The summed E-state index contributed by atoms with van der Waals surface area (Å²) in [5.74, 6) is -0.816. The van der Waals surface area contributed by atoms with Crippen molar-refractivity contribution in [3.05, 3.63) is 12.2 Å². The molecule has 10 heteroatoms. The van der Waals surface area contributed by atoms with Crippen molar-refractivity contribution in [3.63, 3.8) is 0 Å². The molecule has 0 bridgehead atoms. The highest BCUT2D eigenvalue weighted by Gasteiger charge is 2.26. The lowest BCUT2D eigenvalue weighted by atomic mass is 10.0. The van der Waals surface area contributed by atoms with Gasteiger partial charge in [-0.2, -0.15) is 0 Å². The molecule has 2 unspecified atom stereocenters. The van der Waals surface area contributed by atoms with Gasteiger partial charge in [-0.25, -0.2) is 4.57 Å². The topological polar surface area (TPSA) is 134 Å². The summed E-state index contributed by atoms with van der Waals surface area (Å²) in [6, 6.07) is 0. The summed E-state index contributed by atoms with van der Waals surface area (Å²) in [7, 11) is -4.37. The molecule has 0 fully saturated rings. The lowest BCUT2D eigenvalue weighted by molar-refractivity contribution is -0.161. The van der Waals surface area contributed by atoms with Crippen LogP contribution < -0.4 is 5.73 Å². The van der Waals surface area contributed by atoms with Crippen molar-refractivity contribution in [2.45, 2.75) is 251 Å². The van der Waals surface area contributed by atoms with Crippen LogP contribution in [0.4, 0.5) is 0 Å². The fourth-order valence-electron chi connectivity index (χ4n) is 7.04. The zero-order chi connectivity index (χ0) is 41.8. The number of phosphoric acid groups is 1. The minimum atomic E-state index is -4.37. The molecule has 0 saturated heterocycles. The number of unbranched alkanes of at least 4 members (excludes halogenated alkanes) is 31. The molecule has 57 heavy (non-hydrogen) atoms. The molecular formula is C47H92NO8P. The minimum Gasteiger partial charge on any atom is -0.462 e. The van der Waals surface area contributed by atoms with Gasteiger partial charge < -0.3 is 20.1 Å². The van der Waals surface area contributed by atoms with E-state index >= 15 is 0 Å². The monoisotopic (exact) mass is 830 g/mol. The molecule has 0 aromatic rings. The second-order valence-electron chi connectivity index (χ2n) is 16.3. The first-order valence-electron chi connectivity index (χ1n) is 24.2. The maximum atomic E-state index is 12.6. The third-order valence-electron chi connectivity index (χ3n) is 10.7. The van der Waals surface area contributed by atoms with Gasteiger partial charge in [-0.05, 0) is 38.5 Å². The van der Waals surface area contributed by atoms with Gasteiger partial charge in [0, 0.05) is 19.4 Å². The molecule has 0 saturated carbocycles. The predicted octanol–water partition coefficient (Wildman–Crippen LogP) is 14.2. The van der Waals surface area contributed by atoms with Gasteiger partial charge in [-0.3, -0.25) is 18.6 Å². The molecule has 0 aromatic carbocycles. The van der Waals surface area contributed by atoms with Gasteiger partial charge in [0.25, 0.3) is 0 Å². The van der Waals surface area contributed by atoms with Gasteiger partial charge in [0.2, 0.25) is 0 Å². The number of rotatable bonds is 46. The third kappa shape index (κ3) is 44.1. The molecule has 3 N–H and O–H groups in total. The molecule has 0 aromatic heterocycles. The second-order valence-corrected chi connectivity index (χ2v) is 17.8. The number of hydrogen-bond donors (Lipinski definition) is 2. The largest absolute Gasteiger partial charge is 0.472 e. The van der Waals surface area contributed by atoms with Crippen LogP contribution in [0.25, 0.3) is 0 Å². The van der Waals surface area contributed by atoms with Crippen LogP contribution in [-0.4, -0.2) is 49.3 Å². The average molecular weight is 830 g/mol. The second kappa shape index (κ2) is 44.3. The molecular weight excluding hydrogens is 737 g/mol. The van der Waals surface area contributed by atoms with E-state index in [4.69, 9.17) is 24.3 Å². The van der Waals surface area contributed by atoms with E-state index in [9.17, 15) is 19.0 Å². The van der Waals surface area contributed by atoms with E-state index in [1.54, 1.807) is 0 Å². The average Bonchev–Trinajstić information content (AvgIpc) is 3.20. The first-order valence-corrected chi connectivity index (χ1v) is 25.7. The van der Waals surface area contributed by atoms with Gasteiger partial charge in [0.1, 0.15) is 6.61 Å². The van der Waals surface area contributed by atoms with Crippen LogP contribution in [0, 0.1) is 0 Å². The van der Waals surface area contributed by atoms with Gasteiger partial charge in [0.05, 0.1) is 13.2 Å². The Bertz CT molecular complexity index is 948. The smallest absolute Gasteiger partial charge is 0.462 e. The number of esters is 2. The number of hydrogen-bond acceptors (Lipinski definition) is 8. The summed E-state index contributed by atoms with van der Waals surface area (Å²) in [6.07, 6.45) is 46.7. The maximum absolute atomic E-state index is 12.6. The van der Waals surface area contributed by atoms with E-state index in [-0.39, 0.29) is 38.6 Å². The van der Waals surface area contributed by atoms with Crippen LogP contribution in [0.2, 0.25) is 0 Å². The number of phosphoric ester groups is 1. The van der Waals surface area contributed by atoms with Crippen molar-refractivity contribution in [2.24, 2.45) is 5.73 Å². The summed E-state index contributed by atoms with van der Waals surface area (Å²) >= 11 is 0. The fourth-order valence-corrected chi connectivity index (χ4v) is 7.81. The van der Waals surface area contributed by atoms with Crippen LogP contribution in [0.15, 0.2) is 12.2 Å². The Kier molecular flexibility index (Phi) is 43.3. The molecule has 0 aliphatic carbocycles. The number of ether oxygens (including phenoxy) is 2. The molecule has 0 aliphatic heterocycles. The fraction of sp³-hybridized carbons (Fsp3) is 0.915. The van der Waals surface area contributed by atoms with Gasteiger partial charge >= 0.3 is 19.8 Å². The highest BCUT2D eigenvalue weighted by molar-refractivity contribution is 7.47. The number of carbonyl (C=O) groups excluding carboxylic acids is 2. The normalized spacial score (nSPS) is 13.3. The summed E-state index contributed by atoms with van der Waals surface area (Å²) < 4.78 is 32.9. The zero-order valence-corrected chi connectivity index (χ0v) is 38.2. The van der Waals surface area contributed by atoms with Crippen LogP contribution in [0.3, 0.4) is 0 Å². The third-order valence-corrected chi connectivity index (χ3v) is 11.6. The molecule has 0 rings (SSSR count). The quantitative estimate of drug-likeness (QED) is 0.0266. The van der Waals surface area contributed by atoms with E-state index in [1.165, 1.54) is 173 Å². The summed E-state index contributed by atoms with van der Waals surface area (Å²) in [5.41, 5.74) is 5.36. The van der Waals surface area contributed by atoms with E-state index < -0.39 is 26.5 Å². The Morgan fingerprint density at radius 1 is 0.509 bits per heavy atom. The Balaban J connectivity index is 4.05. The van der Waals surface area contributed by atoms with E-state index in [2.05, 4.69) is 26.0 Å². The van der Waals surface area contributed by atoms with Gasteiger partial charge in [0.15, 0.2) is 6.10 Å². The molecule has 0 amide bonds. The Morgan fingerprint density at radius 3 is 1.25 bits per heavy atom. The summed E-state index contributed by atoms with van der Waals surface area (Å²) in [6.45, 7) is 3.77. The first kappa shape index (κ1) is 55.8. The maximum Gasteiger partial charge on any atom is 0.472 e. The lowest BCUT2D eigenvalue weighted by Gasteiger charge is -2.19. The SMILES string of the molecule is CCCCCCCC/C=C\CCCCCCCCCCCC(=O)OC(COC(=O)CCCCCCCCCCCCCCCCCCC)COP(=O)(O)OCCN. The van der Waals surface area contributed by atoms with E-state index in [0.717, 1.165) is 38.5 Å². The highest BCUT2D eigenvalue weighted by Crippen LogP contribution is 2.43.